The number of aromatic nitrogens is 1. The molecule has 0 aromatic carbocycles. The Balaban J connectivity index is 2.19. The highest BCUT2D eigenvalue weighted by Crippen LogP contribution is 2.07. The molecule has 0 aliphatic heterocycles. The summed E-state index contributed by atoms with van der Waals surface area (Å²) in [7, 11) is 1.66. The summed E-state index contributed by atoms with van der Waals surface area (Å²) in [6, 6.07) is 3.31. The maximum absolute atomic E-state index is 8.50. The van der Waals surface area contributed by atoms with Gasteiger partial charge in [0.25, 0.3) is 0 Å². The molecule has 1 aromatic rings. The van der Waals surface area contributed by atoms with Gasteiger partial charge in [0.15, 0.2) is 5.84 Å². The number of oxime groups is 1. The molecule has 0 saturated carbocycles. The zero-order chi connectivity index (χ0) is 13.9. The van der Waals surface area contributed by atoms with Crippen LogP contribution in [0.2, 0.25) is 0 Å². The van der Waals surface area contributed by atoms with Crippen molar-refractivity contribution in [3.8, 4) is 5.88 Å². The highest BCUT2D eigenvalue weighted by Gasteiger charge is 2.01. The fourth-order valence-electron chi connectivity index (χ4n) is 1.29. The first-order valence-electron chi connectivity index (χ1n) is 5.91. The summed E-state index contributed by atoms with van der Waals surface area (Å²) in [5.74, 6) is 0.482. The second kappa shape index (κ2) is 9.12. The topological polar surface area (TPSA) is 99.2 Å². The third-order valence-corrected chi connectivity index (χ3v) is 2.25. The zero-order valence-electron chi connectivity index (χ0n) is 10.9. The molecule has 0 atom stereocenters. The number of hydrogen-bond acceptors (Lipinski definition) is 6. The quantitative estimate of drug-likeness (QED) is 0.224. The van der Waals surface area contributed by atoms with E-state index in [1.807, 2.05) is 0 Å². The van der Waals surface area contributed by atoms with E-state index in [-0.39, 0.29) is 5.84 Å². The second-order valence-corrected chi connectivity index (χ2v) is 3.68. The second-order valence-electron chi connectivity index (χ2n) is 3.68. The highest BCUT2D eigenvalue weighted by molar-refractivity contribution is 5.96. The van der Waals surface area contributed by atoms with Gasteiger partial charge in [-0.05, 0) is 12.5 Å². The van der Waals surface area contributed by atoms with Crippen molar-refractivity contribution in [1.29, 1.82) is 0 Å². The number of rotatable bonds is 9. The monoisotopic (exact) mass is 269 g/mol. The summed E-state index contributed by atoms with van der Waals surface area (Å²) < 4.78 is 15.6. The molecule has 19 heavy (non-hydrogen) atoms. The largest absolute Gasteiger partial charge is 0.475 e. The van der Waals surface area contributed by atoms with Crippen molar-refractivity contribution in [2.45, 2.75) is 6.42 Å². The van der Waals surface area contributed by atoms with Crippen LogP contribution in [0.5, 0.6) is 5.88 Å². The molecule has 0 bridgehead atoms. The number of methoxy groups -OCH3 is 1. The molecule has 1 heterocycles. The summed E-state index contributed by atoms with van der Waals surface area (Å²) in [5.41, 5.74) is 5.95. The van der Waals surface area contributed by atoms with Crippen molar-refractivity contribution >= 4 is 5.84 Å². The summed E-state index contributed by atoms with van der Waals surface area (Å²) in [4.78, 5) is 4.03. The van der Waals surface area contributed by atoms with Gasteiger partial charge in [0.2, 0.25) is 5.88 Å². The molecule has 7 heteroatoms. The van der Waals surface area contributed by atoms with Crippen molar-refractivity contribution in [2.24, 2.45) is 10.9 Å². The Bertz CT molecular complexity index is 381. The number of amidine groups is 1. The third-order valence-electron chi connectivity index (χ3n) is 2.25. The van der Waals surface area contributed by atoms with Crippen LogP contribution in [-0.2, 0) is 9.47 Å². The van der Waals surface area contributed by atoms with Crippen LogP contribution in [0.15, 0.2) is 23.5 Å². The minimum Gasteiger partial charge on any atom is -0.475 e. The number of nitrogens with two attached hydrogens (primary N) is 1. The molecule has 0 unspecified atom stereocenters. The first-order valence-corrected chi connectivity index (χ1v) is 5.91. The number of hydrogen-bond donors (Lipinski definition) is 2. The molecule has 7 nitrogen and oxygen atoms in total. The smallest absolute Gasteiger partial charge is 0.213 e. The van der Waals surface area contributed by atoms with Crippen LogP contribution in [-0.4, -0.2) is 49.6 Å². The zero-order valence-corrected chi connectivity index (χ0v) is 10.9. The lowest BCUT2D eigenvalue weighted by atomic mass is 10.3. The molecule has 0 fully saturated rings. The summed E-state index contributed by atoms with van der Waals surface area (Å²) in [6.45, 7) is 2.25. The van der Waals surface area contributed by atoms with Crippen molar-refractivity contribution in [1.82, 2.24) is 4.98 Å². The van der Waals surface area contributed by atoms with E-state index in [9.17, 15) is 0 Å². The maximum Gasteiger partial charge on any atom is 0.213 e. The minimum absolute atomic E-state index is 0.0144. The predicted molar refractivity (Wildman–Crippen MR) is 69.6 cm³/mol. The molecule has 0 aliphatic rings. The summed E-state index contributed by atoms with van der Waals surface area (Å²) in [6.07, 6.45) is 2.34. The van der Waals surface area contributed by atoms with Crippen LogP contribution in [0, 0.1) is 0 Å². The van der Waals surface area contributed by atoms with Gasteiger partial charge in [0, 0.05) is 38.2 Å². The van der Waals surface area contributed by atoms with Gasteiger partial charge in [-0.1, -0.05) is 5.16 Å². The molecule has 1 rings (SSSR count). The van der Waals surface area contributed by atoms with Gasteiger partial charge < -0.3 is 25.2 Å². The Morgan fingerprint density at radius 2 is 2.16 bits per heavy atom. The van der Waals surface area contributed by atoms with E-state index >= 15 is 0 Å². The van der Waals surface area contributed by atoms with E-state index in [1.54, 1.807) is 19.2 Å². The van der Waals surface area contributed by atoms with E-state index in [1.165, 1.54) is 6.20 Å². The average molecular weight is 269 g/mol. The Labute approximate surface area is 112 Å². The molecule has 0 aliphatic carbocycles. The van der Waals surface area contributed by atoms with E-state index in [2.05, 4.69) is 10.1 Å². The van der Waals surface area contributed by atoms with Gasteiger partial charge in [-0.3, -0.25) is 0 Å². The summed E-state index contributed by atoms with van der Waals surface area (Å²) >= 11 is 0. The molecule has 0 radical (unpaired) electrons. The van der Waals surface area contributed by atoms with Gasteiger partial charge in [-0.15, -0.1) is 0 Å². The van der Waals surface area contributed by atoms with Crippen LogP contribution in [0.4, 0.5) is 0 Å². The van der Waals surface area contributed by atoms with Crippen molar-refractivity contribution in [3.63, 3.8) is 0 Å². The Hall–Kier alpha value is -1.86. The van der Waals surface area contributed by atoms with E-state index in [0.29, 0.717) is 37.9 Å². The normalized spacial score (nSPS) is 11.5. The highest BCUT2D eigenvalue weighted by atomic mass is 16.5. The Kier molecular flexibility index (Phi) is 7.30. The predicted octanol–water partition coefficient (Wildman–Crippen LogP) is 0.608. The first-order chi connectivity index (χ1) is 9.27. The van der Waals surface area contributed by atoms with Crippen LogP contribution < -0.4 is 10.5 Å². The number of ether oxygens (including phenoxy) is 3. The fourth-order valence-corrected chi connectivity index (χ4v) is 1.29. The van der Waals surface area contributed by atoms with E-state index in [4.69, 9.17) is 25.2 Å². The number of pyridine rings is 1. The van der Waals surface area contributed by atoms with Crippen molar-refractivity contribution in [2.75, 3.05) is 33.5 Å². The lowest BCUT2D eigenvalue weighted by Gasteiger charge is -2.06. The molecular formula is C12H19N3O4. The first kappa shape index (κ1) is 15.2. The molecule has 3 N–H and O–H groups in total. The van der Waals surface area contributed by atoms with Crippen LogP contribution >= 0.6 is 0 Å². The van der Waals surface area contributed by atoms with Gasteiger partial charge >= 0.3 is 0 Å². The SMILES string of the molecule is COCCCOCCOc1ccc(/C(N)=N/O)cn1. The van der Waals surface area contributed by atoms with Crippen molar-refractivity contribution < 1.29 is 19.4 Å². The fraction of sp³-hybridized carbons (Fsp3) is 0.500. The van der Waals surface area contributed by atoms with Gasteiger partial charge in [-0.25, -0.2) is 4.98 Å². The van der Waals surface area contributed by atoms with Crippen LogP contribution in [0.1, 0.15) is 12.0 Å². The lowest BCUT2D eigenvalue weighted by Crippen LogP contribution is -2.13. The maximum atomic E-state index is 8.50. The van der Waals surface area contributed by atoms with Crippen LogP contribution in [0.3, 0.4) is 0 Å². The Morgan fingerprint density at radius 3 is 2.79 bits per heavy atom. The van der Waals surface area contributed by atoms with Gasteiger partial charge in [0.05, 0.1) is 6.61 Å². The van der Waals surface area contributed by atoms with Crippen LogP contribution in [0.25, 0.3) is 0 Å². The molecular weight excluding hydrogens is 250 g/mol. The molecule has 0 amide bonds. The van der Waals surface area contributed by atoms with E-state index < -0.39 is 0 Å². The minimum atomic E-state index is 0.0144. The van der Waals surface area contributed by atoms with Gasteiger partial charge in [-0.2, -0.15) is 0 Å². The molecule has 0 saturated heterocycles. The van der Waals surface area contributed by atoms with Gasteiger partial charge in [0.1, 0.15) is 6.61 Å². The average Bonchev–Trinajstić information content (AvgIpc) is 2.46. The van der Waals surface area contributed by atoms with Crippen molar-refractivity contribution in [3.05, 3.63) is 23.9 Å². The molecule has 106 valence electrons. The number of nitrogens with zero attached hydrogens (tertiary/aromatic N) is 2. The molecule has 1 aromatic heterocycles. The lowest BCUT2D eigenvalue weighted by molar-refractivity contribution is 0.0795. The van der Waals surface area contributed by atoms with E-state index in [0.717, 1.165) is 6.42 Å². The Morgan fingerprint density at radius 1 is 1.32 bits per heavy atom. The molecule has 0 spiro atoms. The third kappa shape index (κ3) is 6.03. The summed E-state index contributed by atoms with van der Waals surface area (Å²) in [5, 5.41) is 11.4. The standard InChI is InChI=1S/C12H19N3O4/c1-17-5-2-6-18-7-8-19-11-4-3-10(9-14-11)12(13)15-16/h3-4,9,16H,2,5-8H2,1H3,(H2,13,15).